The summed E-state index contributed by atoms with van der Waals surface area (Å²) in [6.07, 6.45) is 3.61. The Morgan fingerprint density at radius 2 is 1.95 bits per heavy atom. The number of hydrogen-bond acceptors (Lipinski definition) is 2. The van der Waals surface area contributed by atoms with Gasteiger partial charge in [0, 0.05) is 18.8 Å². The molecule has 100 valence electrons. The van der Waals surface area contributed by atoms with E-state index in [9.17, 15) is 9.59 Å². The van der Waals surface area contributed by atoms with Gasteiger partial charge in [-0.2, -0.15) is 0 Å². The SMILES string of the molecule is O=C1Cc2cc(Cl)c(C(=O)N3CCCCC3)cc2N1. The molecule has 0 bridgehead atoms. The standard InChI is InChI=1S/C14H15ClN2O2/c15-11-6-9-7-13(18)16-12(9)8-10(11)14(19)17-4-2-1-3-5-17/h6,8H,1-5,7H2,(H,16,18). The van der Waals surface area contributed by atoms with Crippen LogP contribution in [-0.4, -0.2) is 29.8 Å². The highest BCUT2D eigenvalue weighted by Crippen LogP contribution is 2.30. The van der Waals surface area contributed by atoms with Crippen LogP contribution in [0.2, 0.25) is 5.02 Å². The summed E-state index contributed by atoms with van der Waals surface area (Å²) in [6.45, 7) is 1.58. The molecular weight excluding hydrogens is 264 g/mol. The summed E-state index contributed by atoms with van der Waals surface area (Å²) in [4.78, 5) is 25.6. The number of anilines is 1. The lowest BCUT2D eigenvalue weighted by Crippen LogP contribution is -2.35. The second kappa shape index (κ2) is 4.85. The predicted octanol–water partition coefficient (Wildman–Crippen LogP) is 2.46. The molecule has 1 fully saturated rings. The van der Waals surface area contributed by atoms with Crippen LogP contribution >= 0.6 is 11.6 Å². The number of hydrogen-bond donors (Lipinski definition) is 1. The Hall–Kier alpha value is -1.55. The van der Waals surface area contributed by atoms with Gasteiger partial charge >= 0.3 is 0 Å². The second-order valence-electron chi connectivity index (χ2n) is 5.07. The summed E-state index contributed by atoms with van der Waals surface area (Å²) in [5.74, 6) is -0.0812. The van der Waals surface area contributed by atoms with E-state index in [2.05, 4.69) is 5.32 Å². The van der Waals surface area contributed by atoms with Crippen molar-refractivity contribution in [2.45, 2.75) is 25.7 Å². The summed E-state index contributed by atoms with van der Waals surface area (Å²) >= 11 is 6.18. The second-order valence-corrected chi connectivity index (χ2v) is 5.47. The largest absolute Gasteiger partial charge is 0.339 e. The number of benzene rings is 1. The first-order valence-corrected chi connectivity index (χ1v) is 6.94. The predicted molar refractivity (Wildman–Crippen MR) is 73.5 cm³/mol. The highest BCUT2D eigenvalue weighted by Gasteiger charge is 2.25. The van der Waals surface area contributed by atoms with Crippen molar-refractivity contribution in [2.24, 2.45) is 0 Å². The normalized spacial score (nSPS) is 18.2. The zero-order valence-corrected chi connectivity index (χ0v) is 11.3. The average Bonchev–Trinajstić information content (AvgIpc) is 2.77. The fraction of sp³-hybridized carbons (Fsp3) is 0.429. The first-order chi connectivity index (χ1) is 9.15. The zero-order chi connectivity index (χ0) is 13.4. The molecule has 2 amide bonds. The van der Waals surface area contributed by atoms with E-state index in [0.29, 0.717) is 17.0 Å². The smallest absolute Gasteiger partial charge is 0.255 e. The van der Waals surface area contributed by atoms with Crippen molar-refractivity contribution < 1.29 is 9.59 Å². The molecule has 0 atom stereocenters. The maximum atomic E-state index is 12.4. The van der Waals surface area contributed by atoms with E-state index in [-0.39, 0.29) is 11.8 Å². The van der Waals surface area contributed by atoms with Crippen LogP contribution in [0.25, 0.3) is 0 Å². The summed E-state index contributed by atoms with van der Waals surface area (Å²) < 4.78 is 0. The molecule has 1 aromatic carbocycles. The third kappa shape index (κ3) is 2.32. The van der Waals surface area contributed by atoms with Gasteiger partial charge in [0.25, 0.3) is 5.91 Å². The molecule has 0 radical (unpaired) electrons. The number of rotatable bonds is 1. The number of amides is 2. The van der Waals surface area contributed by atoms with E-state index in [4.69, 9.17) is 11.6 Å². The molecule has 0 aliphatic carbocycles. The number of fused-ring (bicyclic) bond motifs is 1. The lowest BCUT2D eigenvalue weighted by atomic mass is 10.1. The molecule has 0 spiro atoms. The molecule has 4 nitrogen and oxygen atoms in total. The van der Waals surface area contributed by atoms with Gasteiger partial charge in [0.1, 0.15) is 0 Å². The fourth-order valence-electron chi connectivity index (χ4n) is 2.68. The molecular formula is C14H15ClN2O2. The summed E-state index contributed by atoms with van der Waals surface area (Å²) in [5, 5.41) is 3.19. The molecule has 0 unspecified atom stereocenters. The zero-order valence-electron chi connectivity index (χ0n) is 10.5. The van der Waals surface area contributed by atoms with Gasteiger partial charge in [0.15, 0.2) is 0 Å². The third-order valence-corrected chi connectivity index (χ3v) is 4.00. The third-order valence-electron chi connectivity index (χ3n) is 3.69. The van der Waals surface area contributed by atoms with Crippen LogP contribution in [0.15, 0.2) is 12.1 Å². The highest BCUT2D eigenvalue weighted by atomic mass is 35.5. The van der Waals surface area contributed by atoms with E-state index < -0.39 is 0 Å². The van der Waals surface area contributed by atoms with Crippen LogP contribution in [-0.2, 0) is 11.2 Å². The van der Waals surface area contributed by atoms with Crippen molar-refractivity contribution in [3.8, 4) is 0 Å². The number of nitrogens with zero attached hydrogens (tertiary/aromatic N) is 1. The molecule has 2 aliphatic heterocycles. The van der Waals surface area contributed by atoms with E-state index in [1.807, 2.05) is 4.90 Å². The van der Waals surface area contributed by atoms with Crippen LogP contribution in [0.3, 0.4) is 0 Å². The Morgan fingerprint density at radius 3 is 2.68 bits per heavy atom. The molecule has 1 saturated heterocycles. The van der Waals surface area contributed by atoms with E-state index in [0.717, 1.165) is 37.2 Å². The number of halogens is 1. The van der Waals surface area contributed by atoms with Gasteiger partial charge in [-0.25, -0.2) is 0 Å². The van der Waals surface area contributed by atoms with Crippen LogP contribution in [0.1, 0.15) is 35.2 Å². The molecule has 5 heteroatoms. The molecule has 3 rings (SSSR count). The first kappa shape index (κ1) is 12.5. The van der Waals surface area contributed by atoms with Gasteiger partial charge in [-0.1, -0.05) is 11.6 Å². The molecule has 2 aliphatic rings. The Kier molecular flexibility index (Phi) is 3.19. The van der Waals surface area contributed by atoms with Gasteiger partial charge in [0.05, 0.1) is 17.0 Å². The van der Waals surface area contributed by atoms with Crippen molar-refractivity contribution in [1.29, 1.82) is 0 Å². The summed E-state index contributed by atoms with van der Waals surface area (Å²) in [5.41, 5.74) is 2.07. The fourth-order valence-corrected chi connectivity index (χ4v) is 2.94. The molecule has 2 heterocycles. The van der Waals surface area contributed by atoms with Crippen molar-refractivity contribution >= 4 is 29.1 Å². The minimum absolute atomic E-state index is 0.0337. The van der Waals surface area contributed by atoms with Crippen LogP contribution in [0, 0.1) is 0 Å². The van der Waals surface area contributed by atoms with Crippen LogP contribution in [0.5, 0.6) is 0 Å². The Balaban J connectivity index is 1.90. The number of piperidine rings is 1. The first-order valence-electron chi connectivity index (χ1n) is 6.57. The van der Waals surface area contributed by atoms with E-state index in [1.165, 1.54) is 6.42 Å². The van der Waals surface area contributed by atoms with Crippen molar-refractivity contribution in [3.05, 3.63) is 28.3 Å². The van der Waals surface area contributed by atoms with E-state index in [1.54, 1.807) is 12.1 Å². The Labute approximate surface area is 116 Å². The Morgan fingerprint density at radius 1 is 1.21 bits per heavy atom. The summed E-state index contributed by atoms with van der Waals surface area (Å²) in [7, 11) is 0. The maximum Gasteiger partial charge on any atom is 0.255 e. The van der Waals surface area contributed by atoms with Gasteiger partial charge in [-0.15, -0.1) is 0 Å². The van der Waals surface area contributed by atoms with Crippen LogP contribution < -0.4 is 5.32 Å². The molecule has 1 N–H and O–H groups in total. The lowest BCUT2D eigenvalue weighted by molar-refractivity contribution is -0.115. The Bertz CT molecular complexity index is 551. The molecule has 0 aromatic heterocycles. The molecule has 0 saturated carbocycles. The average molecular weight is 279 g/mol. The topological polar surface area (TPSA) is 49.4 Å². The van der Waals surface area contributed by atoms with Gasteiger partial charge in [0.2, 0.25) is 5.91 Å². The van der Waals surface area contributed by atoms with Crippen molar-refractivity contribution in [2.75, 3.05) is 18.4 Å². The van der Waals surface area contributed by atoms with Crippen LogP contribution in [0.4, 0.5) is 5.69 Å². The minimum Gasteiger partial charge on any atom is -0.339 e. The van der Waals surface area contributed by atoms with Crippen molar-refractivity contribution in [1.82, 2.24) is 4.90 Å². The number of likely N-dealkylation sites (tertiary alicyclic amines) is 1. The lowest BCUT2D eigenvalue weighted by Gasteiger charge is -2.27. The number of carbonyl (C=O) groups is 2. The van der Waals surface area contributed by atoms with Gasteiger partial charge < -0.3 is 10.2 Å². The summed E-state index contributed by atoms with van der Waals surface area (Å²) in [6, 6.07) is 3.44. The van der Waals surface area contributed by atoms with E-state index >= 15 is 0 Å². The number of nitrogens with one attached hydrogen (secondary N) is 1. The minimum atomic E-state index is -0.0476. The van der Waals surface area contributed by atoms with Crippen molar-refractivity contribution in [3.63, 3.8) is 0 Å². The maximum absolute atomic E-state index is 12.4. The monoisotopic (exact) mass is 278 g/mol. The van der Waals surface area contributed by atoms with Gasteiger partial charge in [-0.05, 0) is 37.0 Å². The molecule has 19 heavy (non-hydrogen) atoms. The quantitative estimate of drug-likeness (QED) is 0.858. The van der Waals surface area contributed by atoms with Gasteiger partial charge in [-0.3, -0.25) is 9.59 Å². The number of carbonyl (C=O) groups excluding carboxylic acids is 2. The molecule has 1 aromatic rings. The highest BCUT2D eigenvalue weighted by molar-refractivity contribution is 6.34.